The number of likely N-dealkylation sites (tertiary alicyclic amines) is 1. The molecule has 9 rings (SSSR count). The molecule has 3 aliphatic carbocycles. The van der Waals surface area contributed by atoms with Gasteiger partial charge < -0.3 is 44.3 Å². The van der Waals surface area contributed by atoms with E-state index >= 15 is 0 Å². The van der Waals surface area contributed by atoms with Gasteiger partial charge in [-0.25, -0.2) is 60.2 Å². The molecule has 0 radical (unpaired) electrons. The van der Waals surface area contributed by atoms with Crippen LogP contribution in [0.15, 0.2) is 82.8 Å². The number of aliphatic hydroxyl groups excluding tert-OH is 1. The first-order chi connectivity index (χ1) is 48.3. The molecule has 5 amide bonds. The number of aromatic nitrogens is 2. The number of carbonyl (C=O) groups is 5. The third-order valence-electron chi connectivity index (χ3n) is 16.9. The molecule has 3 saturated carbocycles. The summed E-state index contributed by atoms with van der Waals surface area (Å²) in [5.41, 5.74) is -0.591. The highest BCUT2D eigenvalue weighted by Crippen LogP contribution is 2.43. The number of rotatable bonds is 19. The number of nitrogens with one attached hydrogen (secondary N) is 6. The van der Waals surface area contributed by atoms with Crippen molar-refractivity contribution in [1.82, 2.24) is 34.9 Å². The molecule has 5 aromatic rings. The lowest BCUT2D eigenvalue weighted by Gasteiger charge is -2.32. The Balaban J connectivity index is 0.000000270. The summed E-state index contributed by atoms with van der Waals surface area (Å²) in [4.78, 5) is 83.5. The molecule has 4 fully saturated rings. The number of ether oxygens (including phenoxy) is 5. The summed E-state index contributed by atoms with van der Waals surface area (Å²) in [6.07, 6.45) is 14.5. The summed E-state index contributed by atoms with van der Waals surface area (Å²) in [7, 11) is -7.99. The number of non-ortho nitro benzene ring substituents is 1. The van der Waals surface area contributed by atoms with E-state index in [0.29, 0.717) is 53.2 Å². The van der Waals surface area contributed by atoms with Crippen LogP contribution in [-0.4, -0.2) is 139 Å². The van der Waals surface area contributed by atoms with E-state index in [9.17, 15) is 50.9 Å². The second kappa shape index (κ2) is 38.1. The lowest BCUT2D eigenvalue weighted by atomic mass is 9.86. The molecule has 0 spiro atoms. The van der Waals surface area contributed by atoms with E-state index in [1.165, 1.54) is 65.5 Å². The molecule has 576 valence electrons. The normalized spacial score (nSPS) is 18.4. The van der Waals surface area contributed by atoms with E-state index in [2.05, 4.69) is 40.7 Å². The fraction of sp³-hybridized carbons (Fsp3) is 0.603. The van der Waals surface area contributed by atoms with Gasteiger partial charge in [0.1, 0.15) is 11.4 Å². The van der Waals surface area contributed by atoms with Crippen LogP contribution in [0.25, 0.3) is 20.9 Å². The van der Waals surface area contributed by atoms with Gasteiger partial charge in [-0.1, -0.05) is 38.8 Å². The molecular formula is C73H108N10O17S4. The number of thiazole rings is 2. The highest BCUT2D eigenvalue weighted by atomic mass is 32.2. The summed E-state index contributed by atoms with van der Waals surface area (Å²) >= 11 is 2.89. The number of nitro benzene ring substituents is 1. The van der Waals surface area contributed by atoms with Gasteiger partial charge in [0.15, 0.2) is 0 Å². The van der Waals surface area contributed by atoms with Gasteiger partial charge in [-0.3, -0.25) is 20.7 Å². The Morgan fingerprint density at radius 1 is 0.596 bits per heavy atom. The van der Waals surface area contributed by atoms with Crippen molar-refractivity contribution in [2.45, 2.75) is 256 Å². The predicted octanol–water partition coefficient (Wildman–Crippen LogP) is 16.0. The second-order valence-electron chi connectivity index (χ2n) is 30.1. The topological polar surface area (TPSA) is 364 Å². The monoisotopic (exact) mass is 1520 g/mol. The Kier molecular flexibility index (Phi) is 31.3. The summed E-state index contributed by atoms with van der Waals surface area (Å²) in [6.45, 7) is 25.4. The van der Waals surface area contributed by atoms with Gasteiger partial charge in [0.05, 0.1) is 53.3 Å². The fourth-order valence-corrected chi connectivity index (χ4v) is 17.9. The molecule has 7 N–H and O–H groups in total. The van der Waals surface area contributed by atoms with Crippen molar-refractivity contribution in [2.24, 2.45) is 11.8 Å². The van der Waals surface area contributed by atoms with Gasteiger partial charge in [0.2, 0.25) is 20.0 Å². The molecule has 3 aromatic carbocycles. The molecule has 3 heterocycles. The lowest BCUT2D eigenvalue weighted by molar-refractivity contribution is -0.384. The highest BCUT2D eigenvalue weighted by Gasteiger charge is 2.33. The molecule has 4 aliphatic rings. The minimum absolute atomic E-state index is 0. The number of nitro groups is 1. The highest BCUT2D eigenvalue weighted by molar-refractivity contribution is 7.90. The van der Waals surface area contributed by atoms with E-state index in [0.717, 1.165) is 105 Å². The van der Waals surface area contributed by atoms with Crippen molar-refractivity contribution in [2.75, 3.05) is 36.9 Å². The molecule has 31 heteroatoms. The third kappa shape index (κ3) is 27.7. The number of sulfonamides is 2. The lowest BCUT2D eigenvalue weighted by Crippen LogP contribution is -2.42. The maximum atomic E-state index is 13.6. The van der Waals surface area contributed by atoms with Gasteiger partial charge in [0, 0.05) is 102 Å². The Morgan fingerprint density at radius 2 is 1.03 bits per heavy atom. The molecule has 27 nitrogen and oxygen atoms in total. The molecule has 1 aliphatic heterocycles. The number of hydrogen-bond donors (Lipinski definition) is 7. The van der Waals surface area contributed by atoms with Gasteiger partial charge in [-0.05, 0) is 215 Å². The minimum Gasteiger partial charge on any atom is -0.449 e. The van der Waals surface area contributed by atoms with Crippen molar-refractivity contribution in [1.29, 1.82) is 0 Å². The largest absolute Gasteiger partial charge is 0.449 e. The number of anilines is 2. The Morgan fingerprint density at radius 3 is 1.42 bits per heavy atom. The van der Waals surface area contributed by atoms with Crippen LogP contribution in [0.3, 0.4) is 0 Å². The third-order valence-corrected chi connectivity index (χ3v) is 22.9. The van der Waals surface area contributed by atoms with Crippen LogP contribution in [0.2, 0.25) is 0 Å². The van der Waals surface area contributed by atoms with E-state index < -0.39 is 59.9 Å². The van der Waals surface area contributed by atoms with Crippen molar-refractivity contribution in [3.05, 3.63) is 93.2 Å². The molecular weight excluding hydrogens is 1420 g/mol. The smallest absolute Gasteiger partial charge is 0.417 e. The fourth-order valence-electron chi connectivity index (χ4n) is 12.2. The number of piperidine rings is 1. The SMILES string of the molecule is C.CC(C)(C)OC(=O)N1CCC(CO)CC1.CC(C)OC(=O)NC1CCC(c2ncc(-c3ccc(NC(=O)OCC4CCCCC4)cc3S(=O)(=O)NC(C)(C)C)s2)CC1.CC(C)OC(=O)NC1CCC(c2ncc(-c3ccc(NC(=O)Oc4ccc([N+](=O)[O-])cc4)cc3S(=O)(=O)NC(C)(C)C)s2)CC1. The molecule has 2 aromatic heterocycles. The van der Waals surface area contributed by atoms with Gasteiger partial charge in [-0.2, -0.15) is 0 Å². The maximum absolute atomic E-state index is 13.6. The number of carbonyl (C=O) groups excluding carboxylic acids is 5. The molecule has 1 saturated heterocycles. The van der Waals surface area contributed by atoms with E-state index in [-0.39, 0.29) is 89.3 Å². The van der Waals surface area contributed by atoms with E-state index in [1.807, 2.05) is 34.6 Å². The number of benzene rings is 3. The number of alkyl carbamates (subject to hydrolysis) is 2. The Bertz CT molecular complexity index is 3890. The zero-order valence-corrected chi connectivity index (χ0v) is 64.6. The predicted molar refractivity (Wildman–Crippen MR) is 403 cm³/mol. The minimum atomic E-state index is -4.05. The molecule has 0 atom stereocenters. The van der Waals surface area contributed by atoms with Crippen LogP contribution in [0.1, 0.15) is 216 Å². The number of nitrogens with zero attached hydrogens (tertiary/aromatic N) is 4. The first-order valence-corrected chi connectivity index (χ1v) is 39.9. The van der Waals surface area contributed by atoms with Gasteiger partial charge in [-0.15, -0.1) is 22.7 Å². The number of aliphatic hydroxyl groups is 1. The van der Waals surface area contributed by atoms with Crippen molar-refractivity contribution >= 4 is 90.2 Å². The average Bonchev–Trinajstić information content (AvgIpc) is 1.35. The zero-order chi connectivity index (χ0) is 75.6. The Labute approximate surface area is 621 Å². The first kappa shape index (κ1) is 85.4. The van der Waals surface area contributed by atoms with Crippen LogP contribution in [0, 0.1) is 22.0 Å². The summed E-state index contributed by atoms with van der Waals surface area (Å²) in [5, 5.41) is 32.8. The van der Waals surface area contributed by atoms with Crippen molar-refractivity contribution < 1.29 is 74.5 Å². The standard InChI is InChI=1S/C31H46N4O6S2.C30H37N5O8S2.C11H21NO3.CH4/c1-20(2)41-30(37)33-23-13-11-22(12-14-23)28-32-18-26(42-28)25-16-15-24(17-27(25)43(38,39)35-31(3,4)5)34-29(36)40-19-21-9-7-6-8-10-21;1-18(2)42-28(36)32-20-8-6-19(7-9-20)27-31-17-25(44-27)24-15-10-21(16-26(24)45(40,41)34-30(3,4)5)33-29(37)43-23-13-11-22(12-14-23)35(38)39;1-11(2,3)15-10(14)12-6-4-9(8-13)5-7-12;/h15-18,20-23,35H,6-14,19H2,1-5H3,(H,33,37)(H,34,36);10-20,34H,6-9H2,1-5H3,(H,32,36)(H,33,37);9,13H,4-8H2,1-3H3;1H4. The molecule has 104 heavy (non-hydrogen) atoms. The van der Waals surface area contributed by atoms with Crippen molar-refractivity contribution in [3.8, 4) is 26.6 Å². The van der Waals surface area contributed by atoms with Gasteiger partial charge >= 0.3 is 30.5 Å². The number of amides is 5. The maximum Gasteiger partial charge on any atom is 0.417 e. The molecule has 0 unspecified atom stereocenters. The van der Waals surface area contributed by atoms with Crippen molar-refractivity contribution in [3.63, 3.8) is 0 Å². The number of hydrogen-bond acceptors (Lipinski definition) is 21. The average molecular weight is 1530 g/mol. The van der Waals surface area contributed by atoms with Crippen LogP contribution in [0.4, 0.5) is 41.0 Å². The second-order valence-corrected chi connectivity index (χ2v) is 35.6. The van der Waals surface area contributed by atoms with Crippen LogP contribution < -0.4 is 35.4 Å². The first-order valence-electron chi connectivity index (χ1n) is 35.3. The zero-order valence-electron chi connectivity index (χ0n) is 61.4. The summed E-state index contributed by atoms with van der Waals surface area (Å²) in [6, 6.07) is 14.5. The van der Waals surface area contributed by atoms with Crippen LogP contribution in [0.5, 0.6) is 5.75 Å². The van der Waals surface area contributed by atoms with Gasteiger partial charge in [0.25, 0.3) is 5.69 Å². The molecule has 0 bridgehead atoms. The Hall–Kier alpha value is -7.55. The quantitative estimate of drug-likeness (QED) is 0.0229. The summed E-state index contributed by atoms with van der Waals surface area (Å²) in [5.74, 6) is 1.21. The van der Waals surface area contributed by atoms with E-state index in [4.69, 9.17) is 28.8 Å². The summed E-state index contributed by atoms with van der Waals surface area (Å²) < 4.78 is 86.1. The van der Waals surface area contributed by atoms with E-state index in [1.54, 1.807) is 96.9 Å². The van der Waals surface area contributed by atoms with Crippen LogP contribution >= 0.6 is 22.7 Å². The van der Waals surface area contributed by atoms with Crippen LogP contribution in [-0.2, 0) is 39.0 Å².